The lowest BCUT2D eigenvalue weighted by molar-refractivity contribution is 0.320. The minimum atomic E-state index is 0.571. The fourth-order valence-electron chi connectivity index (χ4n) is 1.75. The summed E-state index contributed by atoms with van der Waals surface area (Å²) in [7, 11) is 5.51. The van der Waals surface area contributed by atoms with Crippen LogP contribution >= 0.6 is 0 Å². The fraction of sp³-hybridized carbons (Fsp3) is 0.562. The lowest BCUT2D eigenvalue weighted by atomic mass is 10.3. The molecule has 0 aliphatic carbocycles. The molecule has 22 heavy (non-hydrogen) atoms. The first-order valence-corrected chi connectivity index (χ1v) is 7.59. The Labute approximate surface area is 133 Å². The third-order valence-corrected chi connectivity index (χ3v) is 3.27. The summed E-state index contributed by atoms with van der Waals surface area (Å²) < 4.78 is 10.8. The van der Waals surface area contributed by atoms with Crippen molar-refractivity contribution in [2.24, 2.45) is 4.99 Å². The fourth-order valence-corrected chi connectivity index (χ4v) is 1.75. The van der Waals surface area contributed by atoms with Gasteiger partial charge in [-0.25, -0.2) is 0 Å². The molecule has 0 atom stereocenters. The molecule has 0 fully saturated rings. The number of methoxy groups -OCH3 is 1. The lowest BCUT2D eigenvalue weighted by Gasteiger charge is -2.16. The van der Waals surface area contributed by atoms with Gasteiger partial charge in [0.05, 0.1) is 13.7 Å². The third-order valence-electron chi connectivity index (χ3n) is 3.27. The van der Waals surface area contributed by atoms with Gasteiger partial charge in [-0.3, -0.25) is 4.99 Å². The molecule has 0 heterocycles. The predicted octanol–water partition coefficient (Wildman–Crippen LogP) is 1.19. The second-order valence-corrected chi connectivity index (χ2v) is 4.85. The standard InChI is InChI=1S/C16H28N4O2/c1-5-20(3)12-10-18-16(17-2)19-11-13-22-15-8-6-14(21-4)7-9-15/h6-9H,5,10-13H2,1-4H3,(H2,17,18,19). The van der Waals surface area contributed by atoms with Crippen LogP contribution in [0.5, 0.6) is 11.5 Å². The van der Waals surface area contributed by atoms with E-state index in [-0.39, 0.29) is 0 Å². The van der Waals surface area contributed by atoms with E-state index in [1.165, 1.54) is 0 Å². The smallest absolute Gasteiger partial charge is 0.191 e. The molecule has 1 rings (SSSR count). The van der Waals surface area contributed by atoms with Crippen molar-refractivity contribution in [2.75, 3.05) is 54.0 Å². The monoisotopic (exact) mass is 308 g/mol. The van der Waals surface area contributed by atoms with Gasteiger partial charge >= 0.3 is 0 Å². The minimum Gasteiger partial charge on any atom is -0.497 e. The summed E-state index contributed by atoms with van der Waals surface area (Å²) in [4.78, 5) is 6.42. The molecule has 0 aliphatic rings. The van der Waals surface area contributed by atoms with Gasteiger partial charge in [0.25, 0.3) is 0 Å². The zero-order valence-corrected chi connectivity index (χ0v) is 14.1. The maximum atomic E-state index is 5.65. The normalized spacial score (nSPS) is 11.4. The molecule has 0 aromatic heterocycles. The highest BCUT2D eigenvalue weighted by molar-refractivity contribution is 5.79. The van der Waals surface area contributed by atoms with Gasteiger partial charge in [0, 0.05) is 20.1 Å². The van der Waals surface area contributed by atoms with Crippen molar-refractivity contribution in [2.45, 2.75) is 6.92 Å². The maximum Gasteiger partial charge on any atom is 0.191 e. The van der Waals surface area contributed by atoms with Gasteiger partial charge in [-0.1, -0.05) is 6.92 Å². The highest BCUT2D eigenvalue weighted by Crippen LogP contribution is 2.16. The number of rotatable bonds is 9. The molecule has 0 unspecified atom stereocenters. The highest BCUT2D eigenvalue weighted by Gasteiger charge is 1.99. The molecule has 1 aromatic rings. The van der Waals surface area contributed by atoms with Crippen molar-refractivity contribution in [1.82, 2.24) is 15.5 Å². The molecule has 1 aromatic carbocycles. The molecular formula is C16H28N4O2. The summed E-state index contributed by atoms with van der Waals surface area (Å²) in [6.07, 6.45) is 0. The summed E-state index contributed by atoms with van der Waals surface area (Å²) >= 11 is 0. The molecule has 2 N–H and O–H groups in total. The van der Waals surface area contributed by atoms with E-state index in [0.717, 1.165) is 37.1 Å². The number of benzene rings is 1. The Morgan fingerprint density at radius 1 is 1.14 bits per heavy atom. The summed E-state index contributed by atoms with van der Waals surface area (Å²) in [5.74, 6) is 2.45. The van der Waals surface area contributed by atoms with Gasteiger partial charge in [0.2, 0.25) is 0 Å². The van der Waals surface area contributed by atoms with Crippen LogP contribution in [0.25, 0.3) is 0 Å². The van der Waals surface area contributed by atoms with Crippen molar-refractivity contribution < 1.29 is 9.47 Å². The molecule has 0 saturated heterocycles. The second-order valence-electron chi connectivity index (χ2n) is 4.85. The molecular weight excluding hydrogens is 280 g/mol. The number of hydrogen-bond acceptors (Lipinski definition) is 4. The van der Waals surface area contributed by atoms with E-state index in [1.807, 2.05) is 24.3 Å². The maximum absolute atomic E-state index is 5.65. The Bertz CT molecular complexity index is 434. The van der Waals surface area contributed by atoms with Crippen LogP contribution in [0.2, 0.25) is 0 Å². The number of nitrogens with one attached hydrogen (secondary N) is 2. The molecule has 0 saturated carbocycles. The summed E-state index contributed by atoms with van der Waals surface area (Å²) in [6.45, 7) is 6.30. The van der Waals surface area contributed by atoms with Crippen LogP contribution in [-0.4, -0.2) is 64.9 Å². The Morgan fingerprint density at radius 2 is 1.77 bits per heavy atom. The van der Waals surface area contributed by atoms with Crippen LogP contribution in [0.1, 0.15) is 6.92 Å². The molecule has 0 radical (unpaired) electrons. The molecule has 6 heteroatoms. The molecule has 0 amide bonds. The first kappa shape index (κ1) is 18.1. The largest absolute Gasteiger partial charge is 0.497 e. The van der Waals surface area contributed by atoms with Gasteiger partial charge < -0.3 is 25.0 Å². The van der Waals surface area contributed by atoms with Gasteiger partial charge in [0.1, 0.15) is 18.1 Å². The Kier molecular flexibility index (Phi) is 8.83. The van der Waals surface area contributed by atoms with Gasteiger partial charge in [-0.05, 0) is 37.9 Å². The van der Waals surface area contributed by atoms with Crippen molar-refractivity contribution in [3.63, 3.8) is 0 Å². The van der Waals surface area contributed by atoms with E-state index < -0.39 is 0 Å². The average molecular weight is 308 g/mol. The van der Waals surface area contributed by atoms with Crippen molar-refractivity contribution in [3.05, 3.63) is 24.3 Å². The van der Waals surface area contributed by atoms with Crippen LogP contribution in [0.4, 0.5) is 0 Å². The summed E-state index contributed by atoms with van der Waals surface area (Å²) in [5, 5.41) is 6.50. The molecule has 0 spiro atoms. The molecule has 6 nitrogen and oxygen atoms in total. The zero-order chi connectivity index (χ0) is 16.2. The van der Waals surface area contributed by atoms with Crippen LogP contribution in [0, 0.1) is 0 Å². The molecule has 0 aliphatic heterocycles. The lowest BCUT2D eigenvalue weighted by Crippen LogP contribution is -2.42. The van der Waals surface area contributed by atoms with Crippen LogP contribution in [0.3, 0.4) is 0 Å². The van der Waals surface area contributed by atoms with Gasteiger partial charge in [0.15, 0.2) is 5.96 Å². The van der Waals surface area contributed by atoms with E-state index >= 15 is 0 Å². The minimum absolute atomic E-state index is 0.571. The summed E-state index contributed by atoms with van der Waals surface area (Å²) in [6, 6.07) is 7.56. The first-order chi connectivity index (χ1) is 10.7. The van der Waals surface area contributed by atoms with Crippen LogP contribution in [0.15, 0.2) is 29.3 Å². The van der Waals surface area contributed by atoms with Crippen molar-refractivity contribution in [1.29, 1.82) is 0 Å². The SMILES string of the molecule is CCN(C)CCNC(=NC)NCCOc1ccc(OC)cc1. The zero-order valence-electron chi connectivity index (χ0n) is 14.1. The first-order valence-electron chi connectivity index (χ1n) is 7.59. The number of guanidine groups is 1. The van der Waals surface area contributed by atoms with Gasteiger partial charge in [-0.2, -0.15) is 0 Å². The summed E-state index contributed by atoms with van der Waals surface area (Å²) in [5.41, 5.74) is 0. The van der Waals surface area contributed by atoms with E-state index in [2.05, 4.69) is 34.5 Å². The Balaban J connectivity index is 2.18. The molecule has 124 valence electrons. The van der Waals surface area contributed by atoms with Crippen LogP contribution < -0.4 is 20.1 Å². The topological polar surface area (TPSA) is 58.1 Å². The Morgan fingerprint density at radius 3 is 2.36 bits per heavy atom. The van der Waals surface area contributed by atoms with Crippen molar-refractivity contribution >= 4 is 5.96 Å². The number of aliphatic imine (C=N–C) groups is 1. The highest BCUT2D eigenvalue weighted by atomic mass is 16.5. The number of ether oxygens (including phenoxy) is 2. The second kappa shape index (κ2) is 10.7. The average Bonchev–Trinajstić information content (AvgIpc) is 2.57. The number of hydrogen-bond donors (Lipinski definition) is 2. The van der Waals surface area contributed by atoms with E-state index in [1.54, 1.807) is 14.2 Å². The third kappa shape index (κ3) is 7.17. The predicted molar refractivity (Wildman–Crippen MR) is 91.0 cm³/mol. The van der Waals surface area contributed by atoms with Gasteiger partial charge in [-0.15, -0.1) is 0 Å². The van der Waals surface area contributed by atoms with E-state index in [9.17, 15) is 0 Å². The number of nitrogens with zero attached hydrogens (tertiary/aromatic N) is 2. The van der Waals surface area contributed by atoms with Crippen LogP contribution in [-0.2, 0) is 0 Å². The Hall–Kier alpha value is -1.95. The van der Waals surface area contributed by atoms with E-state index in [0.29, 0.717) is 13.2 Å². The molecule has 0 bridgehead atoms. The number of likely N-dealkylation sites (N-methyl/N-ethyl adjacent to an activating group) is 1. The quantitative estimate of drug-likeness (QED) is 0.408. The van der Waals surface area contributed by atoms with E-state index in [4.69, 9.17) is 9.47 Å². The van der Waals surface area contributed by atoms with Crippen molar-refractivity contribution in [3.8, 4) is 11.5 Å².